The number of ether oxygens (including phenoxy) is 1. The molecule has 0 aliphatic rings. The summed E-state index contributed by atoms with van der Waals surface area (Å²) in [5.41, 5.74) is 0.490. The van der Waals surface area contributed by atoms with E-state index < -0.39 is 5.97 Å². The molecule has 0 unspecified atom stereocenters. The van der Waals surface area contributed by atoms with E-state index in [0.717, 1.165) is 19.3 Å². The summed E-state index contributed by atoms with van der Waals surface area (Å²) in [6, 6.07) is 0. The van der Waals surface area contributed by atoms with Crippen LogP contribution in [0.4, 0.5) is 0 Å². The van der Waals surface area contributed by atoms with Gasteiger partial charge in [0.05, 0.1) is 6.61 Å². The van der Waals surface area contributed by atoms with Gasteiger partial charge < -0.3 is 4.74 Å². The molecule has 3 nitrogen and oxygen atoms in total. The quantitative estimate of drug-likeness (QED) is 0.370. The molecule has 0 radical (unpaired) electrons. The lowest BCUT2D eigenvalue weighted by Crippen LogP contribution is -2.05. The third kappa shape index (κ3) is 6.89. The minimum Gasteiger partial charge on any atom is -0.463 e. The van der Waals surface area contributed by atoms with Gasteiger partial charge in [-0.05, 0) is 25.8 Å². The van der Waals surface area contributed by atoms with Crippen LogP contribution in [-0.4, -0.2) is 18.4 Å². The van der Waals surface area contributed by atoms with Crippen LogP contribution in [0, 0.1) is 0 Å². The standard InChI is InChI=1S/C12H20O3/c1-4-6-7-8-11(13)10(3)9-12(14)15-5-2/h9H,4-8H2,1-3H3/b10-9+. The smallest absolute Gasteiger partial charge is 0.331 e. The van der Waals surface area contributed by atoms with Crippen LogP contribution in [0.5, 0.6) is 0 Å². The fourth-order valence-electron chi connectivity index (χ4n) is 1.17. The number of unbranched alkanes of at least 4 members (excludes halogenated alkanes) is 2. The van der Waals surface area contributed by atoms with E-state index in [1.807, 2.05) is 0 Å². The largest absolute Gasteiger partial charge is 0.463 e. The Bertz CT molecular complexity index is 241. The summed E-state index contributed by atoms with van der Waals surface area (Å²) >= 11 is 0. The number of carbonyl (C=O) groups excluding carboxylic acids is 2. The molecule has 3 heteroatoms. The molecule has 0 atom stereocenters. The molecule has 0 fully saturated rings. The molecule has 0 heterocycles. The van der Waals surface area contributed by atoms with E-state index in [1.165, 1.54) is 6.08 Å². The van der Waals surface area contributed by atoms with Gasteiger partial charge in [-0.3, -0.25) is 4.79 Å². The van der Waals surface area contributed by atoms with E-state index in [1.54, 1.807) is 13.8 Å². The van der Waals surface area contributed by atoms with Crippen molar-refractivity contribution in [2.75, 3.05) is 6.61 Å². The molecular weight excluding hydrogens is 192 g/mol. The molecule has 0 N–H and O–H groups in total. The first-order chi connectivity index (χ1) is 7.11. The van der Waals surface area contributed by atoms with Gasteiger partial charge in [-0.15, -0.1) is 0 Å². The van der Waals surface area contributed by atoms with Crippen molar-refractivity contribution in [1.82, 2.24) is 0 Å². The van der Waals surface area contributed by atoms with Crippen LogP contribution < -0.4 is 0 Å². The van der Waals surface area contributed by atoms with Crippen molar-refractivity contribution >= 4 is 11.8 Å². The number of rotatable bonds is 7. The van der Waals surface area contributed by atoms with Crippen molar-refractivity contribution in [2.24, 2.45) is 0 Å². The molecule has 0 aromatic carbocycles. The van der Waals surface area contributed by atoms with Crippen LogP contribution in [-0.2, 0) is 14.3 Å². The van der Waals surface area contributed by atoms with E-state index in [-0.39, 0.29) is 5.78 Å². The van der Waals surface area contributed by atoms with E-state index in [4.69, 9.17) is 4.74 Å². The first-order valence-corrected chi connectivity index (χ1v) is 5.50. The van der Waals surface area contributed by atoms with Crippen LogP contribution in [0.2, 0.25) is 0 Å². The Labute approximate surface area is 91.5 Å². The minimum atomic E-state index is -0.432. The van der Waals surface area contributed by atoms with Gasteiger partial charge in [0.15, 0.2) is 5.78 Å². The lowest BCUT2D eigenvalue weighted by Gasteiger charge is -2.00. The summed E-state index contributed by atoms with van der Waals surface area (Å²) in [7, 11) is 0. The highest BCUT2D eigenvalue weighted by Crippen LogP contribution is 2.06. The average Bonchev–Trinajstić information content (AvgIpc) is 2.18. The van der Waals surface area contributed by atoms with E-state index in [2.05, 4.69) is 6.92 Å². The summed E-state index contributed by atoms with van der Waals surface area (Å²) in [6.07, 6.45) is 4.84. The lowest BCUT2D eigenvalue weighted by atomic mass is 10.1. The summed E-state index contributed by atoms with van der Waals surface area (Å²) in [6.45, 7) is 5.83. The van der Waals surface area contributed by atoms with Crippen LogP contribution in [0.1, 0.15) is 46.5 Å². The maximum atomic E-state index is 11.5. The highest BCUT2D eigenvalue weighted by molar-refractivity contribution is 6.00. The average molecular weight is 212 g/mol. The van der Waals surface area contributed by atoms with Gasteiger partial charge in [-0.2, -0.15) is 0 Å². The molecule has 0 spiro atoms. The molecule has 0 saturated heterocycles. The second kappa shape index (κ2) is 8.21. The number of ketones is 1. The normalized spacial score (nSPS) is 11.3. The molecule has 0 bridgehead atoms. The maximum Gasteiger partial charge on any atom is 0.331 e. The van der Waals surface area contributed by atoms with Gasteiger partial charge >= 0.3 is 5.97 Å². The van der Waals surface area contributed by atoms with E-state index >= 15 is 0 Å². The van der Waals surface area contributed by atoms with Crippen molar-refractivity contribution in [3.63, 3.8) is 0 Å². The van der Waals surface area contributed by atoms with Gasteiger partial charge in [0, 0.05) is 12.5 Å². The third-order valence-electron chi connectivity index (χ3n) is 2.07. The Morgan fingerprint density at radius 2 is 1.87 bits per heavy atom. The Kier molecular flexibility index (Phi) is 7.60. The zero-order valence-electron chi connectivity index (χ0n) is 9.84. The molecule has 0 aliphatic carbocycles. The molecule has 0 saturated carbocycles. The van der Waals surface area contributed by atoms with Gasteiger partial charge in [0.1, 0.15) is 0 Å². The second-order valence-electron chi connectivity index (χ2n) is 3.46. The topological polar surface area (TPSA) is 43.4 Å². The fraction of sp³-hybridized carbons (Fsp3) is 0.667. The first kappa shape index (κ1) is 13.9. The van der Waals surface area contributed by atoms with E-state index in [9.17, 15) is 9.59 Å². The molecule has 0 amide bonds. The number of esters is 1. The second-order valence-corrected chi connectivity index (χ2v) is 3.46. The molecule has 0 rings (SSSR count). The molecule has 0 aromatic heterocycles. The Hall–Kier alpha value is -1.12. The number of hydrogen-bond acceptors (Lipinski definition) is 3. The van der Waals surface area contributed by atoms with Crippen LogP contribution in [0.3, 0.4) is 0 Å². The van der Waals surface area contributed by atoms with Crippen molar-refractivity contribution < 1.29 is 14.3 Å². The number of hydrogen-bond donors (Lipinski definition) is 0. The Balaban J connectivity index is 4.01. The monoisotopic (exact) mass is 212 g/mol. The van der Waals surface area contributed by atoms with E-state index in [0.29, 0.717) is 18.6 Å². The predicted octanol–water partition coefficient (Wildman–Crippen LogP) is 2.65. The van der Waals surface area contributed by atoms with Crippen LogP contribution >= 0.6 is 0 Å². The minimum absolute atomic E-state index is 0.0384. The molecule has 0 aliphatic heterocycles. The predicted molar refractivity (Wildman–Crippen MR) is 59.5 cm³/mol. The summed E-state index contributed by atoms with van der Waals surface area (Å²) in [5, 5.41) is 0. The molecule has 15 heavy (non-hydrogen) atoms. The Morgan fingerprint density at radius 3 is 2.40 bits per heavy atom. The fourth-order valence-corrected chi connectivity index (χ4v) is 1.17. The zero-order chi connectivity index (χ0) is 11.7. The van der Waals surface area contributed by atoms with Gasteiger partial charge in [-0.25, -0.2) is 4.79 Å². The van der Waals surface area contributed by atoms with Crippen molar-refractivity contribution in [1.29, 1.82) is 0 Å². The highest BCUT2D eigenvalue weighted by Gasteiger charge is 2.06. The van der Waals surface area contributed by atoms with Crippen LogP contribution in [0.25, 0.3) is 0 Å². The van der Waals surface area contributed by atoms with Crippen molar-refractivity contribution in [3.8, 4) is 0 Å². The molecule has 0 aromatic rings. The number of allylic oxidation sites excluding steroid dienone is 1. The van der Waals surface area contributed by atoms with Crippen molar-refractivity contribution in [3.05, 3.63) is 11.6 Å². The highest BCUT2D eigenvalue weighted by atomic mass is 16.5. The first-order valence-electron chi connectivity index (χ1n) is 5.50. The number of Topliss-reactive ketones (excluding diaryl/α,β-unsaturated/α-hetero) is 1. The third-order valence-corrected chi connectivity index (χ3v) is 2.07. The van der Waals surface area contributed by atoms with Crippen molar-refractivity contribution in [2.45, 2.75) is 46.5 Å². The SMILES string of the molecule is CCCCCC(=O)/C(C)=C/C(=O)OCC. The number of carbonyl (C=O) groups is 2. The summed E-state index contributed by atoms with van der Waals surface area (Å²) in [4.78, 5) is 22.5. The lowest BCUT2D eigenvalue weighted by molar-refractivity contribution is -0.137. The van der Waals surface area contributed by atoms with Gasteiger partial charge in [0.25, 0.3) is 0 Å². The Morgan fingerprint density at radius 1 is 1.20 bits per heavy atom. The molecule has 86 valence electrons. The zero-order valence-corrected chi connectivity index (χ0v) is 9.84. The van der Waals surface area contributed by atoms with Crippen LogP contribution in [0.15, 0.2) is 11.6 Å². The summed E-state index contributed by atoms with van der Waals surface area (Å²) in [5.74, 6) is -0.393. The van der Waals surface area contributed by atoms with Gasteiger partial charge in [-0.1, -0.05) is 19.8 Å². The summed E-state index contributed by atoms with van der Waals surface area (Å²) < 4.78 is 4.72. The molecular formula is C12H20O3. The maximum absolute atomic E-state index is 11.5. The van der Waals surface area contributed by atoms with Gasteiger partial charge in [0.2, 0.25) is 0 Å².